The van der Waals surface area contributed by atoms with Gasteiger partial charge in [0, 0.05) is 12.2 Å². The smallest absolute Gasteiger partial charge is 0.253 e. The summed E-state index contributed by atoms with van der Waals surface area (Å²) in [4.78, 5) is 16.0. The minimum atomic E-state index is -0.129. The summed E-state index contributed by atoms with van der Waals surface area (Å²) in [6.07, 6.45) is 5.77. The summed E-state index contributed by atoms with van der Waals surface area (Å²) in [5.41, 5.74) is 0.853. The molecule has 1 aromatic rings. The van der Waals surface area contributed by atoms with Crippen molar-refractivity contribution in [3.63, 3.8) is 0 Å². The number of nitrogens with zero attached hydrogens (tertiary/aromatic N) is 1. The monoisotopic (exact) mass is 300 g/mol. The minimum Gasteiger partial charge on any atom is -0.349 e. The Morgan fingerprint density at radius 3 is 2.58 bits per heavy atom. The highest BCUT2D eigenvalue weighted by Gasteiger charge is 2.27. The SMILES string of the molecule is CC1(C)CCC(NC(=O)c2cnc(Cl)c(Cl)c2)CC1. The van der Waals surface area contributed by atoms with Crippen LogP contribution in [0.2, 0.25) is 10.2 Å². The molecule has 0 aromatic carbocycles. The van der Waals surface area contributed by atoms with E-state index >= 15 is 0 Å². The summed E-state index contributed by atoms with van der Waals surface area (Å²) in [5, 5.41) is 3.56. The van der Waals surface area contributed by atoms with Crippen LogP contribution in [0.1, 0.15) is 49.9 Å². The summed E-state index contributed by atoms with van der Waals surface area (Å²) < 4.78 is 0. The lowest BCUT2D eigenvalue weighted by Crippen LogP contribution is -2.39. The second-order valence-corrected chi connectivity index (χ2v) is 6.67. The van der Waals surface area contributed by atoms with Gasteiger partial charge in [0.05, 0.1) is 10.6 Å². The average Bonchev–Trinajstić information content (AvgIpc) is 2.35. The predicted molar refractivity (Wildman–Crippen MR) is 77.8 cm³/mol. The Morgan fingerprint density at radius 2 is 2.00 bits per heavy atom. The van der Waals surface area contributed by atoms with Crippen molar-refractivity contribution < 1.29 is 4.79 Å². The molecule has 104 valence electrons. The topological polar surface area (TPSA) is 42.0 Å². The molecule has 5 heteroatoms. The zero-order valence-corrected chi connectivity index (χ0v) is 12.7. The third kappa shape index (κ3) is 3.83. The molecule has 1 aliphatic rings. The maximum absolute atomic E-state index is 12.1. The molecule has 1 aromatic heterocycles. The highest BCUT2D eigenvalue weighted by atomic mass is 35.5. The van der Waals surface area contributed by atoms with Crippen molar-refractivity contribution in [1.29, 1.82) is 0 Å². The fourth-order valence-corrected chi connectivity index (χ4v) is 2.63. The molecule has 0 radical (unpaired) electrons. The molecule has 0 saturated heterocycles. The van der Waals surface area contributed by atoms with Crippen LogP contribution in [0.3, 0.4) is 0 Å². The summed E-state index contributed by atoms with van der Waals surface area (Å²) in [7, 11) is 0. The normalized spacial score (nSPS) is 19.2. The fraction of sp³-hybridized carbons (Fsp3) is 0.571. The fourth-order valence-electron chi connectivity index (χ4n) is 2.36. The number of carbonyl (C=O) groups excluding carboxylic acids is 1. The molecule has 0 bridgehead atoms. The first-order valence-electron chi connectivity index (χ1n) is 6.49. The molecular formula is C14H18Cl2N2O. The van der Waals surface area contributed by atoms with E-state index in [0.717, 1.165) is 25.7 Å². The summed E-state index contributed by atoms with van der Waals surface area (Å²) in [6.45, 7) is 4.54. The zero-order valence-electron chi connectivity index (χ0n) is 11.2. The minimum absolute atomic E-state index is 0.129. The van der Waals surface area contributed by atoms with Crippen molar-refractivity contribution in [3.05, 3.63) is 28.0 Å². The lowest BCUT2D eigenvalue weighted by atomic mass is 9.75. The van der Waals surface area contributed by atoms with Crippen molar-refractivity contribution in [2.45, 2.75) is 45.6 Å². The number of carbonyl (C=O) groups is 1. The Balaban J connectivity index is 1.96. The van der Waals surface area contributed by atoms with Gasteiger partial charge in [-0.15, -0.1) is 0 Å². The first-order chi connectivity index (χ1) is 8.87. The lowest BCUT2D eigenvalue weighted by molar-refractivity contribution is 0.0908. The number of aromatic nitrogens is 1. The number of pyridine rings is 1. The molecule has 1 amide bonds. The van der Waals surface area contributed by atoms with E-state index in [0.29, 0.717) is 16.0 Å². The Bertz CT molecular complexity index is 478. The standard InChI is InChI=1S/C14H18Cl2N2O/c1-14(2)5-3-10(4-6-14)18-13(19)9-7-11(15)12(16)17-8-9/h7-8,10H,3-6H2,1-2H3,(H,18,19). The first kappa shape index (κ1) is 14.6. The summed E-state index contributed by atoms with van der Waals surface area (Å²) >= 11 is 11.6. The molecule has 0 aliphatic heterocycles. The quantitative estimate of drug-likeness (QED) is 0.836. The van der Waals surface area contributed by atoms with Crippen LogP contribution in [0.4, 0.5) is 0 Å². The second-order valence-electron chi connectivity index (χ2n) is 5.91. The van der Waals surface area contributed by atoms with Gasteiger partial charge in [-0.2, -0.15) is 0 Å². The van der Waals surface area contributed by atoms with Gasteiger partial charge < -0.3 is 5.32 Å². The van der Waals surface area contributed by atoms with Crippen LogP contribution in [-0.4, -0.2) is 16.9 Å². The molecule has 1 N–H and O–H groups in total. The second kappa shape index (κ2) is 5.68. The van der Waals surface area contributed by atoms with Gasteiger partial charge in [-0.25, -0.2) is 4.98 Å². The van der Waals surface area contributed by atoms with Gasteiger partial charge in [0.2, 0.25) is 0 Å². The van der Waals surface area contributed by atoms with Crippen LogP contribution >= 0.6 is 23.2 Å². The van der Waals surface area contributed by atoms with Crippen LogP contribution < -0.4 is 5.32 Å². The molecule has 1 aliphatic carbocycles. The van der Waals surface area contributed by atoms with E-state index in [1.807, 2.05) is 0 Å². The largest absolute Gasteiger partial charge is 0.349 e. The van der Waals surface area contributed by atoms with Crippen molar-refractivity contribution in [2.24, 2.45) is 5.41 Å². The van der Waals surface area contributed by atoms with E-state index in [2.05, 4.69) is 24.1 Å². The molecule has 3 nitrogen and oxygen atoms in total. The van der Waals surface area contributed by atoms with Crippen LogP contribution in [-0.2, 0) is 0 Å². The Hall–Kier alpha value is -0.800. The molecule has 1 fully saturated rings. The number of halogens is 2. The van der Waals surface area contributed by atoms with E-state index in [9.17, 15) is 4.79 Å². The third-order valence-corrected chi connectivity index (χ3v) is 4.42. The van der Waals surface area contributed by atoms with E-state index in [1.54, 1.807) is 6.07 Å². The van der Waals surface area contributed by atoms with Crippen LogP contribution in [0.15, 0.2) is 12.3 Å². The van der Waals surface area contributed by atoms with Gasteiger partial charge in [0.25, 0.3) is 5.91 Å². The first-order valence-corrected chi connectivity index (χ1v) is 7.25. The number of nitrogens with one attached hydrogen (secondary N) is 1. The van der Waals surface area contributed by atoms with Gasteiger partial charge >= 0.3 is 0 Å². The molecule has 19 heavy (non-hydrogen) atoms. The molecule has 2 rings (SSSR count). The maximum atomic E-state index is 12.1. The summed E-state index contributed by atoms with van der Waals surface area (Å²) in [5.74, 6) is -0.129. The number of hydrogen-bond acceptors (Lipinski definition) is 2. The number of amides is 1. The van der Waals surface area contributed by atoms with Gasteiger partial charge in [0.1, 0.15) is 5.15 Å². The van der Waals surface area contributed by atoms with E-state index in [-0.39, 0.29) is 17.1 Å². The lowest BCUT2D eigenvalue weighted by Gasteiger charge is -2.34. The number of rotatable bonds is 2. The van der Waals surface area contributed by atoms with E-state index in [1.165, 1.54) is 6.20 Å². The highest BCUT2D eigenvalue weighted by molar-refractivity contribution is 6.41. The highest BCUT2D eigenvalue weighted by Crippen LogP contribution is 2.35. The van der Waals surface area contributed by atoms with Crippen LogP contribution in [0, 0.1) is 5.41 Å². The van der Waals surface area contributed by atoms with Crippen LogP contribution in [0.25, 0.3) is 0 Å². The Labute approximate surface area is 123 Å². The van der Waals surface area contributed by atoms with Gasteiger partial charge in [0.15, 0.2) is 0 Å². The third-order valence-electron chi connectivity index (χ3n) is 3.73. The summed E-state index contributed by atoms with van der Waals surface area (Å²) in [6, 6.07) is 1.80. The molecule has 0 unspecified atom stereocenters. The van der Waals surface area contributed by atoms with E-state index < -0.39 is 0 Å². The van der Waals surface area contributed by atoms with Crippen molar-refractivity contribution in [3.8, 4) is 0 Å². The van der Waals surface area contributed by atoms with Gasteiger partial charge in [-0.1, -0.05) is 37.0 Å². The molecular weight excluding hydrogens is 283 g/mol. The number of hydrogen-bond donors (Lipinski definition) is 1. The Kier molecular flexibility index (Phi) is 4.36. The zero-order chi connectivity index (χ0) is 14.0. The van der Waals surface area contributed by atoms with Gasteiger partial charge in [-0.3, -0.25) is 4.79 Å². The molecule has 0 spiro atoms. The average molecular weight is 301 g/mol. The van der Waals surface area contributed by atoms with Gasteiger partial charge in [-0.05, 0) is 37.2 Å². The molecule has 1 heterocycles. The van der Waals surface area contributed by atoms with Crippen LogP contribution in [0.5, 0.6) is 0 Å². The molecule has 0 atom stereocenters. The predicted octanol–water partition coefficient (Wildman–Crippen LogP) is 4.09. The Morgan fingerprint density at radius 1 is 1.37 bits per heavy atom. The van der Waals surface area contributed by atoms with Crippen molar-refractivity contribution >= 4 is 29.1 Å². The maximum Gasteiger partial charge on any atom is 0.253 e. The van der Waals surface area contributed by atoms with Crippen molar-refractivity contribution in [2.75, 3.05) is 0 Å². The van der Waals surface area contributed by atoms with E-state index in [4.69, 9.17) is 23.2 Å². The van der Waals surface area contributed by atoms with Crippen molar-refractivity contribution in [1.82, 2.24) is 10.3 Å². The molecule has 1 saturated carbocycles.